The van der Waals surface area contributed by atoms with E-state index in [0.717, 1.165) is 28.2 Å². The van der Waals surface area contributed by atoms with Crippen LogP contribution in [0.15, 0.2) is 66.7 Å². The SMILES string of the molecule is CC.COC(=O)CCc1cccc(OCc2ccc(-c3cccc(OC)c3)c(C)c2)c1. The second-order valence-electron chi connectivity index (χ2n) is 6.89. The standard InChI is InChI=1S/C25H26O4.C2H6/c1-18-14-20(10-12-24(18)21-7-5-8-22(16-21)27-2)17-29-23-9-4-6-19(15-23)11-13-25(26)28-3;1-2/h4-10,12,14-16H,11,13,17H2,1-3H3;1-2H3. The number of benzene rings is 3. The normalized spacial score (nSPS) is 9.97. The molecule has 0 saturated carbocycles. The van der Waals surface area contributed by atoms with E-state index in [0.29, 0.717) is 19.4 Å². The zero-order chi connectivity index (χ0) is 22.6. The molecule has 0 saturated heterocycles. The van der Waals surface area contributed by atoms with Gasteiger partial charge in [-0.3, -0.25) is 4.79 Å². The van der Waals surface area contributed by atoms with Crippen LogP contribution >= 0.6 is 0 Å². The van der Waals surface area contributed by atoms with Gasteiger partial charge >= 0.3 is 5.97 Å². The Bertz CT molecular complexity index is 978. The van der Waals surface area contributed by atoms with Crippen LogP contribution in [0.5, 0.6) is 11.5 Å². The van der Waals surface area contributed by atoms with Crippen LogP contribution in [0, 0.1) is 6.92 Å². The molecule has 0 atom stereocenters. The Hall–Kier alpha value is -3.27. The summed E-state index contributed by atoms with van der Waals surface area (Å²) in [6.45, 7) is 6.59. The predicted molar refractivity (Wildman–Crippen MR) is 126 cm³/mol. The van der Waals surface area contributed by atoms with Gasteiger partial charge in [0.05, 0.1) is 14.2 Å². The lowest BCUT2D eigenvalue weighted by Gasteiger charge is -2.12. The van der Waals surface area contributed by atoms with Gasteiger partial charge in [-0.25, -0.2) is 0 Å². The molecule has 0 radical (unpaired) electrons. The molecule has 3 rings (SSSR count). The minimum atomic E-state index is -0.206. The van der Waals surface area contributed by atoms with Crippen LogP contribution < -0.4 is 9.47 Å². The second-order valence-corrected chi connectivity index (χ2v) is 6.89. The number of ether oxygens (including phenoxy) is 3. The molecule has 0 fully saturated rings. The van der Waals surface area contributed by atoms with Crippen LogP contribution in [-0.4, -0.2) is 20.2 Å². The van der Waals surface area contributed by atoms with Crippen molar-refractivity contribution in [1.29, 1.82) is 0 Å². The summed E-state index contributed by atoms with van der Waals surface area (Å²) in [7, 11) is 3.08. The summed E-state index contributed by atoms with van der Waals surface area (Å²) in [6, 6.07) is 22.3. The average molecular weight is 421 g/mol. The van der Waals surface area contributed by atoms with Gasteiger partial charge < -0.3 is 14.2 Å². The summed E-state index contributed by atoms with van der Waals surface area (Å²) in [5, 5.41) is 0. The van der Waals surface area contributed by atoms with Crippen molar-refractivity contribution < 1.29 is 19.0 Å². The molecule has 31 heavy (non-hydrogen) atoms. The molecule has 0 unspecified atom stereocenters. The van der Waals surface area contributed by atoms with Crippen molar-refractivity contribution in [2.45, 2.75) is 40.2 Å². The molecule has 0 aliphatic heterocycles. The van der Waals surface area contributed by atoms with Crippen LogP contribution in [0.4, 0.5) is 0 Å². The van der Waals surface area contributed by atoms with Crippen molar-refractivity contribution in [3.8, 4) is 22.6 Å². The first-order valence-electron chi connectivity index (χ1n) is 10.6. The number of hydrogen-bond acceptors (Lipinski definition) is 4. The van der Waals surface area contributed by atoms with Crippen molar-refractivity contribution in [2.75, 3.05) is 14.2 Å². The molecule has 4 nitrogen and oxygen atoms in total. The highest BCUT2D eigenvalue weighted by Crippen LogP contribution is 2.28. The van der Waals surface area contributed by atoms with Gasteiger partial charge in [-0.15, -0.1) is 0 Å². The van der Waals surface area contributed by atoms with Gasteiger partial charge in [-0.2, -0.15) is 0 Å². The summed E-state index contributed by atoms with van der Waals surface area (Å²) in [5.41, 5.74) is 5.66. The molecular weight excluding hydrogens is 388 g/mol. The minimum Gasteiger partial charge on any atom is -0.497 e. The van der Waals surface area contributed by atoms with Gasteiger partial charge in [-0.05, 0) is 65.4 Å². The number of methoxy groups -OCH3 is 2. The van der Waals surface area contributed by atoms with E-state index < -0.39 is 0 Å². The van der Waals surface area contributed by atoms with Crippen molar-refractivity contribution in [1.82, 2.24) is 0 Å². The molecule has 0 heterocycles. The molecule has 0 spiro atoms. The second kappa shape index (κ2) is 12.4. The highest BCUT2D eigenvalue weighted by atomic mass is 16.5. The highest BCUT2D eigenvalue weighted by Gasteiger charge is 2.06. The molecule has 3 aromatic rings. The first-order chi connectivity index (χ1) is 15.1. The molecule has 4 heteroatoms. The molecule has 0 aliphatic carbocycles. The van der Waals surface area contributed by atoms with Crippen molar-refractivity contribution in [3.05, 3.63) is 83.4 Å². The Kier molecular flexibility index (Phi) is 9.63. The third-order valence-corrected chi connectivity index (χ3v) is 4.82. The molecule has 0 aromatic heterocycles. The third-order valence-electron chi connectivity index (χ3n) is 4.82. The average Bonchev–Trinajstić information content (AvgIpc) is 2.82. The summed E-state index contributed by atoms with van der Waals surface area (Å²) in [5.74, 6) is 1.44. The monoisotopic (exact) mass is 420 g/mol. The number of carbonyl (C=O) groups excluding carboxylic acids is 1. The fourth-order valence-corrected chi connectivity index (χ4v) is 3.24. The van der Waals surface area contributed by atoms with Crippen LogP contribution in [0.1, 0.15) is 37.0 Å². The summed E-state index contributed by atoms with van der Waals surface area (Å²) < 4.78 is 16.0. The Balaban J connectivity index is 0.00000166. The zero-order valence-electron chi connectivity index (χ0n) is 19.1. The van der Waals surface area contributed by atoms with Crippen LogP contribution in [0.3, 0.4) is 0 Å². The van der Waals surface area contributed by atoms with E-state index in [9.17, 15) is 4.79 Å². The number of carbonyl (C=O) groups is 1. The summed E-state index contributed by atoms with van der Waals surface area (Å²) >= 11 is 0. The van der Waals surface area contributed by atoms with E-state index in [2.05, 4.69) is 31.2 Å². The van der Waals surface area contributed by atoms with Gasteiger partial charge in [-0.1, -0.05) is 56.3 Å². The van der Waals surface area contributed by atoms with E-state index in [-0.39, 0.29) is 5.97 Å². The van der Waals surface area contributed by atoms with Crippen molar-refractivity contribution in [2.24, 2.45) is 0 Å². The number of aryl methyl sites for hydroxylation is 2. The molecule has 0 N–H and O–H groups in total. The van der Waals surface area contributed by atoms with Gasteiger partial charge in [0.15, 0.2) is 0 Å². The highest BCUT2D eigenvalue weighted by molar-refractivity contribution is 5.69. The van der Waals surface area contributed by atoms with Crippen molar-refractivity contribution >= 4 is 5.97 Å². The van der Waals surface area contributed by atoms with E-state index in [1.54, 1.807) is 7.11 Å². The van der Waals surface area contributed by atoms with Gasteiger partial charge in [0, 0.05) is 6.42 Å². The third kappa shape index (κ3) is 7.18. The topological polar surface area (TPSA) is 44.8 Å². The Labute approximate surface area is 185 Å². The maximum Gasteiger partial charge on any atom is 0.305 e. The fraction of sp³-hybridized carbons (Fsp3) is 0.296. The Morgan fingerprint density at radius 3 is 2.29 bits per heavy atom. The lowest BCUT2D eigenvalue weighted by atomic mass is 9.98. The molecule has 3 aromatic carbocycles. The smallest absolute Gasteiger partial charge is 0.305 e. The lowest BCUT2D eigenvalue weighted by molar-refractivity contribution is -0.140. The van der Waals surface area contributed by atoms with Crippen LogP contribution in [-0.2, 0) is 22.6 Å². The van der Waals surface area contributed by atoms with Gasteiger partial charge in [0.1, 0.15) is 18.1 Å². The van der Waals surface area contributed by atoms with Crippen LogP contribution in [0.25, 0.3) is 11.1 Å². The van der Waals surface area contributed by atoms with Crippen molar-refractivity contribution in [3.63, 3.8) is 0 Å². The Morgan fingerprint density at radius 1 is 0.839 bits per heavy atom. The molecule has 164 valence electrons. The lowest BCUT2D eigenvalue weighted by Crippen LogP contribution is -2.02. The fourth-order valence-electron chi connectivity index (χ4n) is 3.24. The predicted octanol–water partition coefficient (Wildman–Crippen LogP) is 6.38. The van der Waals surface area contributed by atoms with E-state index in [1.807, 2.05) is 56.3 Å². The molecule has 0 bridgehead atoms. The summed E-state index contributed by atoms with van der Waals surface area (Å²) in [6.07, 6.45) is 1.00. The largest absolute Gasteiger partial charge is 0.497 e. The first kappa shape index (κ1) is 24.0. The quantitative estimate of drug-likeness (QED) is 0.397. The molecule has 0 aliphatic rings. The summed E-state index contributed by atoms with van der Waals surface area (Å²) in [4.78, 5) is 11.3. The minimum absolute atomic E-state index is 0.206. The number of esters is 1. The van der Waals surface area contributed by atoms with E-state index in [1.165, 1.54) is 18.2 Å². The van der Waals surface area contributed by atoms with E-state index >= 15 is 0 Å². The zero-order valence-corrected chi connectivity index (χ0v) is 19.1. The number of hydrogen-bond donors (Lipinski definition) is 0. The van der Waals surface area contributed by atoms with Crippen LogP contribution in [0.2, 0.25) is 0 Å². The maximum absolute atomic E-state index is 11.3. The van der Waals surface area contributed by atoms with Gasteiger partial charge in [0.2, 0.25) is 0 Å². The molecular formula is C27H32O4. The maximum atomic E-state index is 11.3. The number of rotatable bonds is 8. The Morgan fingerprint density at radius 2 is 1.58 bits per heavy atom. The first-order valence-corrected chi connectivity index (χ1v) is 10.6. The molecule has 0 amide bonds. The van der Waals surface area contributed by atoms with E-state index in [4.69, 9.17) is 14.2 Å². The van der Waals surface area contributed by atoms with Gasteiger partial charge in [0.25, 0.3) is 0 Å².